The van der Waals surface area contributed by atoms with Gasteiger partial charge in [0.15, 0.2) is 11.5 Å². The van der Waals surface area contributed by atoms with Crippen LogP contribution in [0.3, 0.4) is 0 Å². The Bertz CT molecular complexity index is 445. The summed E-state index contributed by atoms with van der Waals surface area (Å²) in [5.41, 5.74) is 1.09. The lowest BCUT2D eigenvalue weighted by Gasteiger charge is -2.23. The summed E-state index contributed by atoms with van der Waals surface area (Å²) in [6.45, 7) is 4.07. The molecule has 5 heteroatoms. The van der Waals surface area contributed by atoms with Gasteiger partial charge in [-0.1, -0.05) is 0 Å². The van der Waals surface area contributed by atoms with Crippen LogP contribution in [0.15, 0.2) is 12.1 Å². The van der Waals surface area contributed by atoms with E-state index in [-0.39, 0.29) is 0 Å². The zero-order valence-corrected chi connectivity index (χ0v) is 13.2. The maximum absolute atomic E-state index is 5.44. The van der Waals surface area contributed by atoms with Crippen LogP contribution in [0.5, 0.6) is 17.2 Å². The van der Waals surface area contributed by atoms with Gasteiger partial charge in [0.25, 0.3) is 0 Å². The minimum Gasteiger partial charge on any atom is -0.496 e. The van der Waals surface area contributed by atoms with Crippen LogP contribution in [0, 0.1) is 5.92 Å². The molecular formula is C16H26N2O3. The molecule has 0 spiro atoms. The lowest BCUT2D eigenvalue weighted by atomic mass is 9.98. The summed E-state index contributed by atoms with van der Waals surface area (Å²) in [5.74, 6) is 3.01. The van der Waals surface area contributed by atoms with Crippen molar-refractivity contribution < 1.29 is 14.2 Å². The van der Waals surface area contributed by atoms with Crippen LogP contribution in [0.25, 0.3) is 0 Å². The molecule has 1 heterocycles. The SMILES string of the molecule is COc1cc(OC)c(OC)cc1CNCC1CCNCC1. The number of ether oxygens (including phenoxy) is 3. The summed E-state index contributed by atoms with van der Waals surface area (Å²) < 4.78 is 16.1. The average Bonchev–Trinajstić information content (AvgIpc) is 2.55. The van der Waals surface area contributed by atoms with E-state index in [1.165, 1.54) is 12.8 Å². The van der Waals surface area contributed by atoms with E-state index in [1.807, 2.05) is 12.1 Å². The molecular weight excluding hydrogens is 268 g/mol. The third-order valence-corrected chi connectivity index (χ3v) is 3.99. The summed E-state index contributed by atoms with van der Waals surface area (Å²) in [6, 6.07) is 3.85. The van der Waals surface area contributed by atoms with Crippen molar-refractivity contribution in [1.82, 2.24) is 10.6 Å². The van der Waals surface area contributed by atoms with E-state index in [9.17, 15) is 0 Å². The minimum atomic E-state index is 0.691. The first-order valence-corrected chi connectivity index (χ1v) is 7.48. The van der Waals surface area contributed by atoms with Crippen LogP contribution < -0.4 is 24.8 Å². The van der Waals surface area contributed by atoms with Crippen molar-refractivity contribution in [1.29, 1.82) is 0 Å². The van der Waals surface area contributed by atoms with E-state index in [2.05, 4.69) is 10.6 Å². The van der Waals surface area contributed by atoms with Gasteiger partial charge in [-0.15, -0.1) is 0 Å². The Morgan fingerprint density at radius 2 is 1.62 bits per heavy atom. The molecule has 0 bridgehead atoms. The molecule has 1 saturated heterocycles. The van der Waals surface area contributed by atoms with Crippen LogP contribution in [-0.4, -0.2) is 41.0 Å². The second-order valence-electron chi connectivity index (χ2n) is 5.34. The van der Waals surface area contributed by atoms with Gasteiger partial charge in [0.1, 0.15) is 5.75 Å². The highest BCUT2D eigenvalue weighted by Gasteiger charge is 2.14. The third kappa shape index (κ3) is 4.25. The predicted octanol–water partition coefficient (Wildman–Crippen LogP) is 1.80. The molecule has 1 aromatic carbocycles. The lowest BCUT2D eigenvalue weighted by Crippen LogP contribution is -2.33. The van der Waals surface area contributed by atoms with E-state index in [0.29, 0.717) is 5.75 Å². The summed E-state index contributed by atoms with van der Waals surface area (Å²) in [5, 5.41) is 6.92. The minimum absolute atomic E-state index is 0.691. The smallest absolute Gasteiger partial charge is 0.164 e. The maximum Gasteiger partial charge on any atom is 0.164 e. The second-order valence-corrected chi connectivity index (χ2v) is 5.34. The van der Waals surface area contributed by atoms with Gasteiger partial charge in [0.2, 0.25) is 0 Å². The summed E-state index contributed by atoms with van der Waals surface area (Å²) in [6.07, 6.45) is 2.49. The van der Waals surface area contributed by atoms with E-state index >= 15 is 0 Å². The Kier molecular flexibility index (Phi) is 6.14. The molecule has 1 aliphatic heterocycles. The second kappa shape index (κ2) is 8.10. The van der Waals surface area contributed by atoms with Gasteiger partial charge in [0, 0.05) is 18.2 Å². The lowest BCUT2D eigenvalue weighted by molar-refractivity contribution is 0.343. The van der Waals surface area contributed by atoms with Crippen molar-refractivity contribution in [2.24, 2.45) is 5.92 Å². The van der Waals surface area contributed by atoms with Crippen LogP contribution in [0.2, 0.25) is 0 Å². The van der Waals surface area contributed by atoms with Crippen molar-refractivity contribution >= 4 is 0 Å². The highest BCUT2D eigenvalue weighted by molar-refractivity contribution is 5.50. The molecule has 0 aliphatic carbocycles. The molecule has 0 saturated carbocycles. The van der Waals surface area contributed by atoms with Crippen LogP contribution in [0.4, 0.5) is 0 Å². The van der Waals surface area contributed by atoms with Gasteiger partial charge >= 0.3 is 0 Å². The molecule has 5 nitrogen and oxygen atoms in total. The molecule has 21 heavy (non-hydrogen) atoms. The number of benzene rings is 1. The van der Waals surface area contributed by atoms with Crippen molar-refractivity contribution in [3.8, 4) is 17.2 Å². The summed E-state index contributed by atoms with van der Waals surface area (Å²) in [4.78, 5) is 0. The summed E-state index contributed by atoms with van der Waals surface area (Å²) in [7, 11) is 4.96. The Morgan fingerprint density at radius 3 is 2.24 bits per heavy atom. The Balaban J connectivity index is 1.97. The first-order chi connectivity index (χ1) is 10.3. The first-order valence-electron chi connectivity index (χ1n) is 7.48. The fourth-order valence-corrected chi connectivity index (χ4v) is 2.73. The molecule has 2 N–H and O–H groups in total. The summed E-state index contributed by atoms with van der Waals surface area (Å²) >= 11 is 0. The van der Waals surface area contributed by atoms with Crippen LogP contribution in [-0.2, 0) is 6.54 Å². The fraction of sp³-hybridized carbons (Fsp3) is 0.625. The van der Waals surface area contributed by atoms with Crippen molar-refractivity contribution in [3.63, 3.8) is 0 Å². The molecule has 0 radical (unpaired) electrons. The molecule has 1 aromatic rings. The molecule has 0 amide bonds. The number of methoxy groups -OCH3 is 3. The predicted molar refractivity (Wildman–Crippen MR) is 83.4 cm³/mol. The van der Waals surface area contributed by atoms with Crippen LogP contribution >= 0.6 is 0 Å². The molecule has 0 atom stereocenters. The van der Waals surface area contributed by atoms with Crippen LogP contribution in [0.1, 0.15) is 18.4 Å². The van der Waals surface area contributed by atoms with Gasteiger partial charge in [-0.25, -0.2) is 0 Å². The molecule has 2 rings (SSSR count). The molecule has 0 aromatic heterocycles. The largest absolute Gasteiger partial charge is 0.496 e. The molecule has 118 valence electrons. The Morgan fingerprint density at radius 1 is 1.00 bits per heavy atom. The van der Waals surface area contributed by atoms with Gasteiger partial charge in [-0.2, -0.15) is 0 Å². The number of hydrogen-bond acceptors (Lipinski definition) is 5. The quantitative estimate of drug-likeness (QED) is 0.803. The number of piperidine rings is 1. The number of nitrogens with one attached hydrogen (secondary N) is 2. The van der Waals surface area contributed by atoms with E-state index in [4.69, 9.17) is 14.2 Å². The fourth-order valence-electron chi connectivity index (χ4n) is 2.73. The number of hydrogen-bond donors (Lipinski definition) is 2. The first kappa shape index (κ1) is 15.9. The van der Waals surface area contributed by atoms with Gasteiger partial charge < -0.3 is 24.8 Å². The molecule has 1 aliphatic rings. The molecule has 1 fully saturated rings. The van der Waals surface area contributed by atoms with E-state index in [1.54, 1.807) is 21.3 Å². The average molecular weight is 294 g/mol. The highest BCUT2D eigenvalue weighted by Crippen LogP contribution is 2.34. The highest BCUT2D eigenvalue weighted by atomic mass is 16.5. The van der Waals surface area contributed by atoms with Crippen molar-refractivity contribution in [2.75, 3.05) is 41.0 Å². The topological polar surface area (TPSA) is 51.8 Å². The zero-order chi connectivity index (χ0) is 15.1. The zero-order valence-electron chi connectivity index (χ0n) is 13.2. The third-order valence-electron chi connectivity index (χ3n) is 3.99. The maximum atomic E-state index is 5.44. The Hall–Kier alpha value is -1.46. The van der Waals surface area contributed by atoms with E-state index < -0.39 is 0 Å². The Labute approximate surface area is 127 Å². The normalized spacial score (nSPS) is 15.8. The molecule has 0 unspecified atom stereocenters. The van der Waals surface area contributed by atoms with Gasteiger partial charge in [-0.05, 0) is 44.5 Å². The monoisotopic (exact) mass is 294 g/mol. The van der Waals surface area contributed by atoms with Gasteiger partial charge in [-0.3, -0.25) is 0 Å². The number of rotatable bonds is 7. The van der Waals surface area contributed by atoms with E-state index in [0.717, 1.165) is 49.2 Å². The standard InChI is InChI=1S/C16H26N2O3/c1-19-14-9-16(21-3)15(20-2)8-13(14)11-18-10-12-4-6-17-7-5-12/h8-9,12,17-18H,4-7,10-11H2,1-3H3. The van der Waals surface area contributed by atoms with Crippen molar-refractivity contribution in [3.05, 3.63) is 17.7 Å². The van der Waals surface area contributed by atoms with Crippen molar-refractivity contribution in [2.45, 2.75) is 19.4 Å². The van der Waals surface area contributed by atoms with Gasteiger partial charge in [0.05, 0.1) is 21.3 Å².